The van der Waals surface area contributed by atoms with Crippen LogP contribution in [0.2, 0.25) is 0 Å². The molecule has 1 aliphatic rings. The minimum Gasteiger partial charge on any atom is -0.383 e. The molecule has 0 aromatic carbocycles. The summed E-state index contributed by atoms with van der Waals surface area (Å²) >= 11 is 0. The number of aromatic nitrogens is 2. The molecular weight excluding hydrogens is 220 g/mol. The highest BCUT2D eigenvalue weighted by Crippen LogP contribution is 2.21. The van der Waals surface area contributed by atoms with E-state index in [1.54, 1.807) is 7.05 Å². The van der Waals surface area contributed by atoms with Crippen molar-refractivity contribution in [3.63, 3.8) is 0 Å². The smallest absolute Gasteiger partial charge is 0.257 e. The number of amides is 1. The van der Waals surface area contributed by atoms with Crippen LogP contribution in [0, 0.1) is 0 Å². The second-order valence-corrected chi connectivity index (χ2v) is 4.69. The fraction of sp³-hybridized carbons (Fsp3) is 0.636. The number of aryl methyl sites for hydroxylation is 1. The summed E-state index contributed by atoms with van der Waals surface area (Å²) in [5.74, 6) is 0.221. The Morgan fingerprint density at radius 3 is 2.76 bits per heavy atom. The molecule has 0 atom stereocenters. The number of ether oxygens (including phenoxy) is 1. The molecule has 3 N–H and O–H groups in total. The molecule has 0 spiro atoms. The van der Waals surface area contributed by atoms with E-state index in [9.17, 15) is 4.79 Å². The highest BCUT2D eigenvalue weighted by Gasteiger charge is 2.30. The molecule has 1 saturated heterocycles. The Hall–Kier alpha value is -1.56. The van der Waals surface area contributed by atoms with E-state index in [1.165, 1.54) is 10.9 Å². The zero-order chi connectivity index (χ0) is 12.5. The number of nitrogens with two attached hydrogens (primary N) is 1. The van der Waals surface area contributed by atoms with Gasteiger partial charge < -0.3 is 15.8 Å². The van der Waals surface area contributed by atoms with Crippen LogP contribution in [-0.2, 0) is 11.8 Å². The van der Waals surface area contributed by atoms with Gasteiger partial charge in [-0.3, -0.25) is 9.48 Å². The van der Waals surface area contributed by atoms with Crippen molar-refractivity contribution < 1.29 is 9.53 Å². The molecule has 1 aromatic heterocycles. The van der Waals surface area contributed by atoms with E-state index in [4.69, 9.17) is 10.5 Å². The van der Waals surface area contributed by atoms with Gasteiger partial charge in [-0.15, -0.1) is 0 Å². The van der Waals surface area contributed by atoms with Crippen LogP contribution in [0.15, 0.2) is 6.20 Å². The Morgan fingerprint density at radius 1 is 1.59 bits per heavy atom. The maximum atomic E-state index is 12.1. The third-order valence-corrected chi connectivity index (χ3v) is 3.24. The fourth-order valence-electron chi connectivity index (χ4n) is 1.91. The predicted molar refractivity (Wildman–Crippen MR) is 63.5 cm³/mol. The molecule has 1 amide bonds. The maximum Gasteiger partial charge on any atom is 0.257 e. The van der Waals surface area contributed by atoms with Crippen LogP contribution in [0.5, 0.6) is 0 Å². The Balaban J connectivity index is 2.08. The molecule has 2 heterocycles. The Labute approximate surface area is 100 Å². The number of rotatable bonds is 2. The maximum absolute atomic E-state index is 12.1. The Morgan fingerprint density at radius 2 is 2.24 bits per heavy atom. The Kier molecular flexibility index (Phi) is 3.06. The monoisotopic (exact) mass is 238 g/mol. The van der Waals surface area contributed by atoms with Gasteiger partial charge in [0.2, 0.25) is 0 Å². The van der Waals surface area contributed by atoms with Gasteiger partial charge in [0.1, 0.15) is 11.4 Å². The average molecular weight is 238 g/mol. The van der Waals surface area contributed by atoms with Crippen molar-refractivity contribution in [1.29, 1.82) is 0 Å². The lowest BCUT2D eigenvalue weighted by molar-refractivity contribution is 0.0423. The molecule has 0 saturated carbocycles. The highest BCUT2D eigenvalue weighted by molar-refractivity contribution is 5.98. The summed E-state index contributed by atoms with van der Waals surface area (Å²) in [6, 6.07) is 0. The first kappa shape index (κ1) is 11.9. The normalized spacial score (nSPS) is 18.9. The number of hydrogen-bond acceptors (Lipinski definition) is 4. The van der Waals surface area contributed by atoms with Crippen LogP contribution in [0.3, 0.4) is 0 Å². The summed E-state index contributed by atoms with van der Waals surface area (Å²) in [7, 11) is 1.71. The van der Waals surface area contributed by atoms with Gasteiger partial charge in [-0.1, -0.05) is 0 Å². The molecule has 2 rings (SSSR count). The van der Waals surface area contributed by atoms with Crippen molar-refractivity contribution >= 4 is 11.7 Å². The van der Waals surface area contributed by atoms with Crippen molar-refractivity contribution in [1.82, 2.24) is 15.1 Å². The van der Waals surface area contributed by atoms with Crippen LogP contribution in [0.4, 0.5) is 5.82 Å². The van der Waals surface area contributed by atoms with E-state index in [-0.39, 0.29) is 11.4 Å². The van der Waals surface area contributed by atoms with Crippen molar-refractivity contribution in [3.8, 4) is 0 Å². The topological polar surface area (TPSA) is 82.2 Å². The third-order valence-electron chi connectivity index (χ3n) is 3.24. The highest BCUT2D eigenvalue weighted by atomic mass is 16.5. The average Bonchev–Trinajstić information content (AvgIpc) is 2.60. The van der Waals surface area contributed by atoms with Crippen LogP contribution in [-0.4, -0.2) is 34.4 Å². The lowest BCUT2D eigenvalue weighted by atomic mass is 9.92. The van der Waals surface area contributed by atoms with Gasteiger partial charge in [-0.05, 0) is 19.8 Å². The van der Waals surface area contributed by atoms with Gasteiger partial charge in [-0.2, -0.15) is 5.10 Å². The van der Waals surface area contributed by atoms with E-state index in [0.29, 0.717) is 24.6 Å². The number of nitrogen functional groups attached to an aromatic ring is 1. The molecule has 1 aromatic rings. The standard InChI is InChI=1S/C11H18N4O2/c1-11(3-5-17-6-4-11)14-10(16)8-7-13-15(2)9(8)12/h7H,3-6,12H2,1-2H3,(H,14,16). The minimum absolute atomic E-state index is 0.167. The van der Waals surface area contributed by atoms with Crippen LogP contribution < -0.4 is 11.1 Å². The molecule has 6 nitrogen and oxygen atoms in total. The van der Waals surface area contributed by atoms with E-state index in [1.807, 2.05) is 6.92 Å². The summed E-state index contributed by atoms with van der Waals surface area (Å²) < 4.78 is 6.77. The van der Waals surface area contributed by atoms with Crippen LogP contribution >= 0.6 is 0 Å². The Bertz CT molecular complexity index is 421. The first-order chi connectivity index (χ1) is 8.02. The quantitative estimate of drug-likeness (QED) is 0.776. The fourth-order valence-corrected chi connectivity index (χ4v) is 1.91. The van der Waals surface area contributed by atoms with Gasteiger partial charge in [0.15, 0.2) is 0 Å². The summed E-state index contributed by atoms with van der Waals surface area (Å²) in [5.41, 5.74) is 5.99. The first-order valence-electron chi connectivity index (χ1n) is 5.69. The summed E-state index contributed by atoms with van der Waals surface area (Å²) in [4.78, 5) is 12.1. The van der Waals surface area contributed by atoms with Crippen LogP contribution in [0.1, 0.15) is 30.1 Å². The van der Waals surface area contributed by atoms with E-state index >= 15 is 0 Å². The SMILES string of the molecule is Cn1ncc(C(=O)NC2(C)CCOCC2)c1N. The van der Waals surface area contributed by atoms with E-state index in [2.05, 4.69) is 10.4 Å². The number of carbonyl (C=O) groups is 1. The number of nitrogens with one attached hydrogen (secondary N) is 1. The zero-order valence-electron chi connectivity index (χ0n) is 10.2. The lowest BCUT2D eigenvalue weighted by Gasteiger charge is -2.34. The molecule has 1 aliphatic heterocycles. The molecule has 94 valence electrons. The molecule has 1 fully saturated rings. The molecule has 0 unspecified atom stereocenters. The first-order valence-corrected chi connectivity index (χ1v) is 5.69. The summed E-state index contributed by atoms with van der Waals surface area (Å²) in [5, 5.41) is 6.97. The summed E-state index contributed by atoms with van der Waals surface area (Å²) in [6.07, 6.45) is 3.13. The van der Waals surface area contributed by atoms with Gasteiger partial charge in [0, 0.05) is 25.8 Å². The van der Waals surface area contributed by atoms with Gasteiger partial charge in [-0.25, -0.2) is 0 Å². The van der Waals surface area contributed by atoms with Crippen molar-refractivity contribution in [2.45, 2.75) is 25.3 Å². The molecular formula is C11H18N4O2. The van der Waals surface area contributed by atoms with Crippen LogP contribution in [0.25, 0.3) is 0 Å². The van der Waals surface area contributed by atoms with Crippen molar-refractivity contribution in [2.24, 2.45) is 7.05 Å². The predicted octanol–water partition coefficient (Wildman–Crippen LogP) is 0.301. The number of anilines is 1. The molecule has 0 bridgehead atoms. The molecule has 17 heavy (non-hydrogen) atoms. The van der Waals surface area contributed by atoms with Crippen molar-refractivity contribution in [3.05, 3.63) is 11.8 Å². The third kappa shape index (κ3) is 2.41. The van der Waals surface area contributed by atoms with Crippen molar-refractivity contribution in [2.75, 3.05) is 18.9 Å². The molecule has 6 heteroatoms. The molecule has 0 aliphatic carbocycles. The number of carbonyl (C=O) groups excluding carboxylic acids is 1. The second kappa shape index (κ2) is 4.37. The second-order valence-electron chi connectivity index (χ2n) is 4.69. The minimum atomic E-state index is -0.211. The largest absolute Gasteiger partial charge is 0.383 e. The van der Waals surface area contributed by atoms with Gasteiger partial charge in [0.05, 0.1) is 6.20 Å². The summed E-state index contributed by atoms with van der Waals surface area (Å²) in [6.45, 7) is 3.39. The zero-order valence-corrected chi connectivity index (χ0v) is 10.2. The number of nitrogens with zero attached hydrogens (tertiary/aromatic N) is 2. The number of hydrogen-bond donors (Lipinski definition) is 2. The van der Waals surface area contributed by atoms with E-state index < -0.39 is 0 Å². The lowest BCUT2D eigenvalue weighted by Crippen LogP contribution is -2.49. The van der Waals surface area contributed by atoms with Gasteiger partial charge in [0.25, 0.3) is 5.91 Å². The molecule has 0 radical (unpaired) electrons. The van der Waals surface area contributed by atoms with E-state index in [0.717, 1.165) is 12.8 Å². The van der Waals surface area contributed by atoms with Gasteiger partial charge >= 0.3 is 0 Å².